The number of aliphatic carboxylic acids is 1. The van der Waals surface area contributed by atoms with Gasteiger partial charge in [0.05, 0.1) is 4.90 Å². The molecule has 146 valence electrons. The van der Waals surface area contributed by atoms with E-state index in [1.165, 1.54) is 47.9 Å². The molecule has 11 heteroatoms. The van der Waals surface area contributed by atoms with Gasteiger partial charge in [0.25, 0.3) is 0 Å². The molecule has 9 nitrogen and oxygen atoms in total. The van der Waals surface area contributed by atoms with Gasteiger partial charge in [0, 0.05) is 17.4 Å². The van der Waals surface area contributed by atoms with Gasteiger partial charge >= 0.3 is 5.97 Å². The number of sulfonamides is 1. The molecule has 0 aromatic heterocycles. The molecule has 3 rings (SSSR count). The number of rotatable bonds is 5. The summed E-state index contributed by atoms with van der Waals surface area (Å²) in [4.78, 5) is 36.1. The van der Waals surface area contributed by atoms with Crippen LogP contribution in [0, 0.1) is 0 Å². The molecule has 0 saturated carbocycles. The largest absolute Gasteiger partial charge is 0.480 e. The molecule has 2 fully saturated rings. The summed E-state index contributed by atoms with van der Waals surface area (Å²) in [5.41, 5.74) is 0.449. The van der Waals surface area contributed by atoms with Crippen LogP contribution in [0.4, 0.5) is 5.69 Å². The number of nitrogens with one attached hydrogen (secondary N) is 2. The molecular weight excluding hydrogens is 394 g/mol. The standard InChI is InChI=1S/C16H19N3O6S2/c1-8(20)17-9-4-6-10(7-5-9)27(24,25)18-11-13(21)19-12(15(22)23)16(2,3)26-14(11)19/h4-7,11-12,14,18H,1-3H3,(H,17,20)(H,22,23)/t11-,12?,14-/m1/s1. The molecule has 0 spiro atoms. The summed E-state index contributed by atoms with van der Waals surface area (Å²) in [6.07, 6.45) is 0. The predicted molar refractivity (Wildman–Crippen MR) is 98.6 cm³/mol. The number of amides is 2. The zero-order valence-corrected chi connectivity index (χ0v) is 16.4. The van der Waals surface area contributed by atoms with E-state index >= 15 is 0 Å². The second-order valence-electron chi connectivity index (χ2n) is 6.90. The lowest BCUT2D eigenvalue weighted by molar-refractivity contribution is -0.159. The molecule has 27 heavy (non-hydrogen) atoms. The number of benzene rings is 1. The third kappa shape index (κ3) is 3.42. The highest BCUT2D eigenvalue weighted by atomic mass is 32.2. The van der Waals surface area contributed by atoms with E-state index in [4.69, 9.17) is 0 Å². The average Bonchev–Trinajstić information content (AvgIpc) is 2.81. The van der Waals surface area contributed by atoms with E-state index in [-0.39, 0.29) is 10.8 Å². The van der Waals surface area contributed by atoms with Gasteiger partial charge in [0.15, 0.2) is 0 Å². The summed E-state index contributed by atoms with van der Waals surface area (Å²) < 4.78 is 26.8. The van der Waals surface area contributed by atoms with Crippen molar-refractivity contribution in [1.82, 2.24) is 9.62 Å². The van der Waals surface area contributed by atoms with E-state index in [1.807, 2.05) is 0 Å². The van der Waals surface area contributed by atoms with Crippen LogP contribution < -0.4 is 10.0 Å². The Bertz CT molecular complexity index is 913. The second-order valence-corrected chi connectivity index (χ2v) is 10.4. The van der Waals surface area contributed by atoms with Crippen LogP contribution in [0.5, 0.6) is 0 Å². The first kappa shape index (κ1) is 19.6. The molecule has 2 heterocycles. The molecule has 3 atom stereocenters. The average molecular weight is 413 g/mol. The lowest BCUT2D eigenvalue weighted by atomic mass is 9.96. The van der Waals surface area contributed by atoms with Gasteiger partial charge in [-0.1, -0.05) is 0 Å². The topological polar surface area (TPSA) is 133 Å². The molecule has 0 radical (unpaired) electrons. The van der Waals surface area contributed by atoms with Gasteiger partial charge in [-0.05, 0) is 38.1 Å². The van der Waals surface area contributed by atoms with Crippen molar-refractivity contribution >= 4 is 45.3 Å². The molecule has 2 amide bonds. The van der Waals surface area contributed by atoms with Crippen LogP contribution in [0.1, 0.15) is 20.8 Å². The lowest BCUT2D eigenvalue weighted by Gasteiger charge is -2.43. The Hall–Kier alpha value is -2.11. The summed E-state index contributed by atoms with van der Waals surface area (Å²) in [7, 11) is -3.98. The maximum absolute atomic E-state index is 12.6. The SMILES string of the molecule is CC(=O)Nc1ccc(S(=O)(=O)N[C@@H]2C(=O)N3C(C(=O)O)C(C)(C)S[C@H]23)cc1. The highest BCUT2D eigenvalue weighted by Crippen LogP contribution is 2.50. The Morgan fingerprint density at radius 1 is 1.22 bits per heavy atom. The van der Waals surface area contributed by atoms with E-state index in [9.17, 15) is 27.9 Å². The fourth-order valence-electron chi connectivity index (χ4n) is 3.28. The second kappa shape index (κ2) is 6.50. The molecule has 2 aliphatic rings. The maximum Gasteiger partial charge on any atom is 0.327 e. The number of anilines is 1. The molecule has 1 unspecified atom stereocenters. The monoisotopic (exact) mass is 413 g/mol. The normalized spacial score (nSPS) is 26.3. The van der Waals surface area contributed by atoms with Crippen LogP contribution in [0.15, 0.2) is 29.2 Å². The van der Waals surface area contributed by atoms with Gasteiger partial charge in [-0.3, -0.25) is 9.59 Å². The zero-order chi connectivity index (χ0) is 20.1. The maximum atomic E-state index is 12.6. The molecular formula is C16H19N3O6S2. The number of β-lactam (4-membered cyclic amide) rings is 1. The minimum atomic E-state index is -3.98. The van der Waals surface area contributed by atoms with Gasteiger partial charge in [-0.25, -0.2) is 13.2 Å². The van der Waals surface area contributed by atoms with Crippen LogP contribution in [0.3, 0.4) is 0 Å². The third-order valence-corrected chi connectivity index (χ3v) is 7.47. The Morgan fingerprint density at radius 3 is 2.33 bits per heavy atom. The highest BCUT2D eigenvalue weighted by molar-refractivity contribution is 8.01. The van der Waals surface area contributed by atoms with Gasteiger partial charge < -0.3 is 15.3 Å². The molecule has 2 saturated heterocycles. The number of carboxylic acids is 1. The summed E-state index contributed by atoms with van der Waals surface area (Å²) >= 11 is 1.26. The van der Waals surface area contributed by atoms with Crippen molar-refractivity contribution in [2.45, 2.75) is 47.9 Å². The van der Waals surface area contributed by atoms with Crippen molar-refractivity contribution in [3.63, 3.8) is 0 Å². The van der Waals surface area contributed by atoms with E-state index in [0.29, 0.717) is 5.69 Å². The Balaban J connectivity index is 1.77. The Morgan fingerprint density at radius 2 is 1.81 bits per heavy atom. The van der Waals surface area contributed by atoms with Crippen molar-refractivity contribution in [3.8, 4) is 0 Å². The predicted octanol–water partition coefficient (Wildman–Crippen LogP) is 0.439. The van der Waals surface area contributed by atoms with E-state index in [0.717, 1.165) is 0 Å². The fourth-order valence-corrected chi connectivity index (χ4v) is 6.18. The minimum Gasteiger partial charge on any atom is -0.480 e. The van der Waals surface area contributed by atoms with Crippen molar-refractivity contribution < 1.29 is 27.9 Å². The van der Waals surface area contributed by atoms with Crippen molar-refractivity contribution in [3.05, 3.63) is 24.3 Å². The van der Waals surface area contributed by atoms with Gasteiger partial charge in [0.2, 0.25) is 21.8 Å². The first-order chi connectivity index (χ1) is 12.4. The first-order valence-corrected chi connectivity index (χ1v) is 10.4. The molecule has 2 aliphatic heterocycles. The van der Waals surface area contributed by atoms with E-state index in [2.05, 4.69) is 10.0 Å². The quantitative estimate of drug-likeness (QED) is 0.597. The molecule has 3 N–H and O–H groups in total. The third-order valence-electron chi connectivity index (χ3n) is 4.44. The minimum absolute atomic E-state index is 0.0557. The van der Waals surface area contributed by atoms with Crippen molar-refractivity contribution in [2.75, 3.05) is 5.32 Å². The summed E-state index contributed by atoms with van der Waals surface area (Å²) in [6.45, 7) is 4.77. The van der Waals surface area contributed by atoms with E-state index in [1.54, 1.807) is 13.8 Å². The van der Waals surface area contributed by atoms with Crippen LogP contribution in [-0.2, 0) is 24.4 Å². The van der Waals surface area contributed by atoms with Crippen LogP contribution in [0.25, 0.3) is 0 Å². The number of hydrogen-bond donors (Lipinski definition) is 3. The van der Waals surface area contributed by atoms with Gasteiger partial charge in [0.1, 0.15) is 17.5 Å². The summed E-state index contributed by atoms with van der Waals surface area (Å²) in [5, 5.41) is 11.4. The number of carboxylic acid groups (broad SMARTS) is 1. The Kier molecular flexibility index (Phi) is 4.73. The number of thioether (sulfide) groups is 1. The zero-order valence-electron chi connectivity index (χ0n) is 14.8. The number of nitrogens with zero attached hydrogens (tertiary/aromatic N) is 1. The van der Waals surface area contributed by atoms with Crippen LogP contribution in [0.2, 0.25) is 0 Å². The van der Waals surface area contributed by atoms with Crippen LogP contribution in [-0.4, -0.2) is 58.4 Å². The van der Waals surface area contributed by atoms with E-state index < -0.39 is 44.1 Å². The first-order valence-electron chi connectivity index (χ1n) is 8.07. The fraction of sp³-hybridized carbons (Fsp3) is 0.438. The van der Waals surface area contributed by atoms with Crippen molar-refractivity contribution in [2.24, 2.45) is 0 Å². The molecule has 1 aromatic carbocycles. The van der Waals surface area contributed by atoms with Crippen molar-refractivity contribution in [1.29, 1.82) is 0 Å². The number of carbonyl (C=O) groups excluding carboxylic acids is 2. The highest BCUT2D eigenvalue weighted by Gasteiger charge is 2.64. The summed E-state index contributed by atoms with van der Waals surface area (Å²) in [5.74, 6) is -1.94. The smallest absolute Gasteiger partial charge is 0.327 e. The van der Waals surface area contributed by atoms with Gasteiger partial charge in [-0.15, -0.1) is 11.8 Å². The molecule has 0 bridgehead atoms. The number of carbonyl (C=O) groups is 3. The Labute approximate surface area is 160 Å². The molecule has 0 aliphatic carbocycles. The molecule has 1 aromatic rings. The lowest BCUT2D eigenvalue weighted by Crippen LogP contribution is -2.70. The van der Waals surface area contributed by atoms with Gasteiger partial charge in [-0.2, -0.15) is 4.72 Å². The number of fused-ring (bicyclic) bond motifs is 1. The number of hydrogen-bond acceptors (Lipinski definition) is 6. The van der Waals surface area contributed by atoms with Crippen LogP contribution >= 0.6 is 11.8 Å². The summed E-state index contributed by atoms with van der Waals surface area (Å²) in [6, 6.07) is 3.51.